The first-order valence-electron chi connectivity index (χ1n) is 11.3. The molecule has 1 fully saturated rings. The molecule has 1 aliphatic heterocycles. The number of anilines is 1. The normalized spacial score (nSPS) is 13.2. The van der Waals surface area contributed by atoms with Gasteiger partial charge in [0.15, 0.2) is 5.82 Å². The summed E-state index contributed by atoms with van der Waals surface area (Å²) in [6.07, 6.45) is 3.48. The van der Waals surface area contributed by atoms with E-state index in [1.54, 1.807) is 16.6 Å². The molecule has 0 radical (unpaired) electrons. The minimum absolute atomic E-state index is 0.0491. The SMILES string of the molecule is CC.Cc1ccc(CNC(=O)C2CN(c3ncnn4cc(-c5ccc(O)cc5)cc34)C2)cc1. The Balaban J connectivity index is 0.00000126. The predicted octanol–water partition coefficient (Wildman–Crippen LogP) is 4.19. The highest BCUT2D eigenvalue weighted by Crippen LogP contribution is 2.31. The third-order valence-electron chi connectivity index (χ3n) is 5.73. The van der Waals surface area contributed by atoms with Gasteiger partial charge in [-0.25, -0.2) is 9.50 Å². The van der Waals surface area contributed by atoms with Gasteiger partial charge in [0.1, 0.15) is 17.6 Å². The lowest BCUT2D eigenvalue weighted by atomic mass is 9.99. The van der Waals surface area contributed by atoms with Gasteiger partial charge >= 0.3 is 0 Å². The van der Waals surface area contributed by atoms with Crippen LogP contribution in [0.4, 0.5) is 5.82 Å². The van der Waals surface area contributed by atoms with E-state index in [0.717, 1.165) is 28.0 Å². The number of amides is 1. The van der Waals surface area contributed by atoms with Crippen molar-refractivity contribution >= 4 is 17.2 Å². The fraction of sp³-hybridized carbons (Fsp3) is 0.269. The summed E-state index contributed by atoms with van der Waals surface area (Å²) in [6, 6.07) is 17.3. The van der Waals surface area contributed by atoms with E-state index in [-0.39, 0.29) is 17.6 Å². The number of aromatic hydroxyl groups is 1. The average molecular weight is 444 g/mol. The van der Waals surface area contributed by atoms with Gasteiger partial charge in [0.25, 0.3) is 0 Å². The first-order valence-corrected chi connectivity index (χ1v) is 11.3. The lowest BCUT2D eigenvalue weighted by molar-refractivity contribution is -0.125. The van der Waals surface area contributed by atoms with Gasteiger partial charge in [0.2, 0.25) is 5.91 Å². The summed E-state index contributed by atoms with van der Waals surface area (Å²) in [5.74, 6) is 1.08. The average Bonchev–Trinajstić information content (AvgIpc) is 3.25. The smallest absolute Gasteiger partial charge is 0.226 e. The first kappa shape index (κ1) is 22.3. The molecule has 0 bridgehead atoms. The van der Waals surface area contributed by atoms with Gasteiger partial charge in [0, 0.05) is 31.4 Å². The number of aromatic nitrogens is 3. The molecule has 170 valence electrons. The number of carbonyl (C=O) groups excluding carboxylic acids is 1. The highest BCUT2D eigenvalue weighted by molar-refractivity contribution is 5.84. The van der Waals surface area contributed by atoms with Gasteiger partial charge in [-0.15, -0.1) is 0 Å². The van der Waals surface area contributed by atoms with E-state index in [9.17, 15) is 9.90 Å². The zero-order valence-electron chi connectivity index (χ0n) is 19.2. The molecule has 3 heterocycles. The highest BCUT2D eigenvalue weighted by Gasteiger charge is 2.34. The molecule has 2 aromatic heterocycles. The van der Waals surface area contributed by atoms with Crippen molar-refractivity contribution in [3.8, 4) is 16.9 Å². The Hall–Kier alpha value is -3.87. The summed E-state index contributed by atoms with van der Waals surface area (Å²) < 4.78 is 1.80. The number of benzene rings is 2. The Labute approximate surface area is 193 Å². The number of hydrogen-bond donors (Lipinski definition) is 2. The number of carbonyl (C=O) groups is 1. The van der Waals surface area contributed by atoms with Crippen molar-refractivity contribution < 1.29 is 9.90 Å². The second-order valence-corrected chi connectivity index (χ2v) is 7.99. The molecule has 33 heavy (non-hydrogen) atoms. The Kier molecular flexibility index (Phi) is 6.58. The van der Waals surface area contributed by atoms with Gasteiger partial charge in [-0.1, -0.05) is 55.8 Å². The fourth-order valence-corrected chi connectivity index (χ4v) is 3.83. The van der Waals surface area contributed by atoms with E-state index >= 15 is 0 Å². The minimum atomic E-state index is -0.0491. The molecule has 0 aliphatic carbocycles. The van der Waals surface area contributed by atoms with Crippen LogP contribution >= 0.6 is 0 Å². The van der Waals surface area contributed by atoms with Crippen LogP contribution in [0.5, 0.6) is 5.75 Å². The van der Waals surface area contributed by atoms with Crippen LogP contribution in [0.25, 0.3) is 16.6 Å². The lowest BCUT2D eigenvalue weighted by Gasteiger charge is -2.39. The van der Waals surface area contributed by atoms with Crippen molar-refractivity contribution in [2.45, 2.75) is 27.3 Å². The van der Waals surface area contributed by atoms with Crippen molar-refractivity contribution in [3.63, 3.8) is 0 Å². The Morgan fingerprint density at radius 3 is 2.45 bits per heavy atom. The maximum atomic E-state index is 12.5. The largest absolute Gasteiger partial charge is 0.508 e. The number of phenolic OH excluding ortho intramolecular Hbond substituents is 1. The molecule has 5 rings (SSSR count). The van der Waals surface area contributed by atoms with Crippen molar-refractivity contribution in [2.24, 2.45) is 5.92 Å². The summed E-state index contributed by atoms with van der Waals surface area (Å²) in [5.41, 5.74) is 5.19. The molecular weight excluding hydrogens is 414 g/mol. The van der Waals surface area contributed by atoms with E-state index in [0.29, 0.717) is 19.6 Å². The van der Waals surface area contributed by atoms with Gasteiger partial charge in [0.05, 0.1) is 5.92 Å². The van der Waals surface area contributed by atoms with Crippen molar-refractivity contribution in [1.29, 1.82) is 0 Å². The molecule has 2 aromatic carbocycles. The van der Waals surface area contributed by atoms with Crippen LogP contribution in [-0.2, 0) is 11.3 Å². The van der Waals surface area contributed by atoms with Gasteiger partial charge < -0.3 is 15.3 Å². The van der Waals surface area contributed by atoms with Crippen LogP contribution in [0, 0.1) is 12.8 Å². The summed E-state index contributed by atoms with van der Waals surface area (Å²) >= 11 is 0. The third kappa shape index (κ3) is 4.82. The quantitative estimate of drug-likeness (QED) is 0.483. The van der Waals surface area contributed by atoms with Crippen molar-refractivity contribution in [2.75, 3.05) is 18.0 Å². The number of phenols is 1. The standard InChI is InChI=1S/C24H23N5O2.C2H6/c1-16-2-4-17(5-3-16)11-25-24(31)20-12-28(13-20)23-22-10-19(14-29(22)27-15-26-23)18-6-8-21(30)9-7-18;1-2/h2-10,14-15,20,30H,11-13H2,1H3,(H,25,31);1-2H3. The Bertz CT molecular complexity index is 1230. The van der Waals surface area contributed by atoms with E-state index in [1.807, 2.05) is 57.3 Å². The Morgan fingerprint density at radius 1 is 1.06 bits per heavy atom. The van der Waals surface area contributed by atoms with Crippen LogP contribution in [0.1, 0.15) is 25.0 Å². The molecule has 1 aliphatic rings. The number of nitrogens with one attached hydrogen (secondary N) is 1. The lowest BCUT2D eigenvalue weighted by Crippen LogP contribution is -2.54. The van der Waals surface area contributed by atoms with Crippen molar-refractivity contribution in [1.82, 2.24) is 19.9 Å². The summed E-state index contributed by atoms with van der Waals surface area (Å²) in [6.45, 7) is 7.86. The molecule has 0 unspecified atom stereocenters. The van der Waals surface area contributed by atoms with Crippen LogP contribution < -0.4 is 10.2 Å². The molecule has 2 N–H and O–H groups in total. The molecular formula is C26H29N5O2. The number of rotatable bonds is 5. The molecule has 4 aromatic rings. The molecule has 0 spiro atoms. The van der Waals surface area contributed by atoms with Gasteiger partial charge in [-0.05, 0) is 36.2 Å². The summed E-state index contributed by atoms with van der Waals surface area (Å²) in [4.78, 5) is 19.1. The Morgan fingerprint density at radius 2 is 1.76 bits per heavy atom. The summed E-state index contributed by atoms with van der Waals surface area (Å²) in [5, 5.41) is 16.9. The topological polar surface area (TPSA) is 82.8 Å². The van der Waals surface area contributed by atoms with E-state index < -0.39 is 0 Å². The number of nitrogens with zero attached hydrogens (tertiary/aromatic N) is 4. The zero-order valence-corrected chi connectivity index (χ0v) is 19.2. The molecule has 0 saturated carbocycles. The van der Waals surface area contributed by atoms with E-state index in [1.165, 1.54) is 11.9 Å². The molecule has 1 saturated heterocycles. The second-order valence-electron chi connectivity index (χ2n) is 7.99. The molecule has 7 heteroatoms. The minimum Gasteiger partial charge on any atom is -0.508 e. The maximum Gasteiger partial charge on any atom is 0.226 e. The molecule has 7 nitrogen and oxygen atoms in total. The number of fused-ring (bicyclic) bond motifs is 1. The second kappa shape index (κ2) is 9.73. The van der Waals surface area contributed by atoms with Gasteiger partial charge in [-0.2, -0.15) is 5.10 Å². The maximum absolute atomic E-state index is 12.5. The third-order valence-corrected chi connectivity index (χ3v) is 5.73. The zero-order chi connectivity index (χ0) is 23.4. The first-order chi connectivity index (χ1) is 16.1. The summed E-state index contributed by atoms with van der Waals surface area (Å²) in [7, 11) is 0. The van der Waals surface area contributed by atoms with E-state index in [4.69, 9.17) is 0 Å². The molecule has 0 atom stereocenters. The van der Waals surface area contributed by atoms with E-state index in [2.05, 4.69) is 32.4 Å². The van der Waals surface area contributed by atoms with Crippen LogP contribution in [0.3, 0.4) is 0 Å². The predicted molar refractivity (Wildman–Crippen MR) is 130 cm³/mol. The monoisotopic (exact) mass is 443 g/mol. The van der Waals surface area contributed by atoms with Crippen LogP contribution in [0.2, 0.25) is 0 Å². The van der Waals surface area contributed by atoms with Crippen LogP contribution in [0.15, 0.2) is 67.1 Å². The fourth-order valence-electron chi connectivity index (χ4n) is 3.83. The number of aryl methyl sites for hydroxylation is 1. The van der Waals surface area contributed by atoms with Gasteiger partial charge in [-0.3, -0.25) is 4.79 Å². The van der Waals surface area contributed by atoms with Crippen molar-refractivity contribution in [3.05, 3.63) is 78.2 Å². The number of hydrogen-bond acceptors (Lipinski definition) is 5. The van der Waals surface area contributed by atoms with Crippen LogP contribution in [-0.4, -0.2) is 38.7 Å². The highest BCUT2D eigenvalue weighted by atomic mass is 16.3. The molecule has 1 amide bonds.